The molecule has 3 rings (SSSR count). The van der Waals surface area contributed by atoms with Crippen LogP contribution in [-0.2, 0) is 12.8 Å². The SMILES string of the molecule is Cn1c(N)nnc1SCc1nnc(-c2ccccc2Cl)o1. The van der Waals surface area contributed by atoms with Crippen LogP contribution in [0.2, 0.25) is 5.02 Å². The first-order valence-corrected chi connectivity index (χ1v) is 7.36. The van der Waals surface area contributed by atoms with Crippen molar-refractivity contribution in [3.05, 3.63) is 35.2 Å². The van der Waals surface area contributed by atoms with Crippen molar-refractivity contribution in [1.29, 1.82) is 0 Å². The Balaban J connectivity index is 1.74. The average Bonchev–Trinajstić information content (AvgIpc) is 3.06. The fourth-order valence-electron chi connectivity index (χ4n) is 1.63. The van der Waals surface area contributed by atoms with Gasteiger partial charge in [0.1, 0.15) is 0 Å². The molecule has 0 saturated carbocycles. The van der Waals surface area contributed by atoms with Gasteiger partial charge in [-0.05, 0) is 12.1 Å². The molecule has 7 nitrogen and oxygen atoms in total. The smallest absolute Gasteiger partial charge is 0.249 e. The number of hydrogen-bond acceptors (Lipinski definition) is 7. The van der Waals surface area contributed by atoms with Crippen molar-refractivity contribution in [1.82, 2.24) is 25.0 Å². The number of hydrogen-bond donors (Lipinski definition) is 1. The molecule has 0 aliphatic rings. The maximum absolute atomic E-state index is 6.10. The van der Waals surface area contributed by atoms with Crippen LogP contribution in [0.5, 0.6) is 0 Å². The molecule has 21 heavy (non-hydrogen) atoms. The van der Waals surface area contributed by atoms with Gasteiger partial charge in [-0.2, -0.15) is 0 Å². The Morgan fingerprint density at radius 3 is 2.76 bits per heavy atom. The highest BCUT2D eigenvalue weighted by Gasteiger charge is 2.13. The minimum Gasteiger partial charge on any atom is -0.420 e. The summed E-state index contributed by atoms with van der Waals surface area (Å²) in [4.78, 5) is 0. The van der Waals surface area contributed by atoms with Gasteiger partial charge in [-0.3, -0.25) is 4.57 Å². The van der Waals surface area contributed by atoms with E-state index in [2.05, 4.69) is 20.4 Å². The average molecular weight is 323 g/mol. The van der Waals surface area contributed by atoms with Crippen molar-refractivity contribution in [3.8, 4) is 11.5 Å². The number of aromatic nitrogens is 5. The zero-order valence-electron chi connectivity index (χ0n) is 11.0. The van der Waals surface area contributed by atoms with Gasteiger partial charge in [-0.1, -0.05) is 35.5 Å². The molecule has 0 saturated heterocycles. The summed E-state index contributed by atoms with van der Waals surface area (Å²) in [5, 5.41) is 17.0. The van der Waals surface area contributed by atoms with Gasteiger partial charge in [0, 0.05) is 7.05 Å². The van der Waals surface area contributed by atoms with Crippen LogP contribution in [0.15, 0.2) is 33.8 Å². The minimum absolute atomic E-state index is 0.361. The summed E-state index contributed by atoms with van der Waals surface area (Å²) in [7, 11) is 1.79. The topological polar surface area (TPSA) is 95.7 Å². The van der Waals surface area contributed by atoms with Crippen LogP contribution < -0.4 is 5.73 Å². The van der Waals surface area contributed by atoms with Gasteiger partial charge < -0.3 is 10.2 Å². The fourth-order valence-corrected chi connectivity index (χ4v) is 2.61. The number of rotatable bonds is 4. The van der Waals surface area contributed by atoms with Crippen LogP contribution in [0.25, 0.3) is 11.5 Å². The number of benzene rings is 1. The Morgan fingerprint density at radius 1 is 1.24 bits per heavy atom. The Morgan fingerprint density at radius 2 is 2.05 bits per heavy atom. The number of halogens is 1. The van der Waals surface area contributed by atoms with E-state index in [1.54, 1.807) is 17.7 Å². The highest BCUT2D eigenvalue weighted by atomic mass is 35.5. The second-order valence-corrected chi connectivity index (χ2v) is 5.52. The van der Waals surface area contributed by atoms with Crippen LogP contribution in [0, 0.1) is 0 Å². The molecule has 2 N–H and O–H groups in total. The molecule has 2 heterocycles. The molecule has 0 radical (unpaired) electrons. The van der Waals surface area contributed by atoms with Crippen molar-refractivity contribution in [2.45, 2.75) is 10.9 Å². The van der Waals surface area contributed by atoms with Crippen molar-refractivity contribution >= 4 is 29.3 Å². The molecule has 0 bridgehead atoms. The fraction of sp³-hybridized carbons (Fsp3) is 0.167. The molecule has 2 aromatic heterocycles. The zero-order chi connectivity index (χ0) is 14.8. The summed E-state index contributed by atoms with van der Waals surface area (Å²) >= 11 is 7.51. The predicted octanol–water partition coefficient (Wildman–Crippen LogP) is 2.39. The van der Waals surface area contributed by atoms with Crippen LogP contribution in [0.3, 0.4) is 0 Å². The number of thioether (sulfide) groups is 1. The van der Waals surface area contributed by atoms with Gasteiger partial charge in [0.05, 0.1) is 16.3 Å². The second-order valence-electron chi connectivity index (χ2n) is 4.17. The first kappa shape index (κ1) is 13.9. The van der Waals surface area contributed by atoms with Gasteiger partial charge in [0.2, 0.25) is 17.7 Å². The van der Waals surface area contributed by atoms with Gasteiger partial charge in [0.25, 0.3) is 0 Å². The van der Waals surface area contributed by atoms with E-state index >= 15 is 0 Å². The van der Waals surface area contributed by atoms with Crippen molar-refractivity contribution in [2.24, 2.45) is 7.05 Å². The molecule has 9 heteroatoms. The lowest BCUT2D eigenvalue weighted by Gasteiger charge is -1.98. The zero-order valence-corrected chi connectivity index (χ0v) is 12.6. The molecule has 0 aliphatic heterocycles. The molecule has 0 atom stereocenters. The largest absolute Gasteiger partial charge is 0.420 e. The summed E-state index contributed by atoms with van der Waals surface area (Å²) in [5.74, 6) is 1.72. The van der Waals surface area contributed by atoms with Crippen LogP contribution >= 0.6 is 23.4 Å². The molecule has 0 amide bonds. The first-order valence-electron chi connectivity index (χ1n) is 6.00. The van der Waals surface area contributed by atoms with E-state index in [1.165, 1.54) is 11.8 Å². The van der Waals surface area contributed by atoms with E-state index in [9.17, 15) is 0 Å². The lowest BCUT2D eigenvalue weighted by atomic mass is 10.2. The Hall–Kier alpha value is -2.06. The molecule has 0 spiro atoms. The molecule has 0 fully saturated rings. The highest BCUT2D eigenvalue weighted by Crippen LogP contribution is 2.28. The quantitative estimate of drug-likeness (QED) is 0.737. The second kappa shape index (κ2) is 5.74. The molecule has 1 aromatic carbocycles. The van der Waals surface area contributed by atoms with Crippen molar-refractivity contribution < 1.29 is 4.42 Å². The minimum atomic E-state index is 0.361. The monoisotopic (exact) mass is 322 g/mol. The normalized spacial score (nSPS) is 11.0. The summed E-state index contributed by atoms with van der Waals surface area (Å²) in [6.45, 7) is 0. The third kappa shape index (κ3) is 2.86. The highest BCUT2D eigenvalue weighted by molar-refractivity contribution is 7.98. The molecule has 0 unspecified atom stereocenters. The van der Waals surface area contributed by atoms with E-state index in [4.69, 9.17) is 21.8 Å². The van der Waals surface area contributed by atoms with Gasteiger partial charge >= 0.3 is 0 Å². The van der Waals surface area contributed by atoms with E-state index in [-0.39, 0.29) is 0 Å². The first-order chi connectivity index (χ1) is 10.1. The molecular weight excluding hydrogens is 312 g/mol. The Bertz CT molecular complexity index is 771. The van der Waals surface area contributed by atoms with Crippen molar-refractivity contribution in [2.75, 3.05) is 5.73 Å². The predicted molar refractivity (Wildman–Crippen MR) is 79.7 cm³/mol. The number of nitrogens with two attached hydrogens (primary N) is 1. The van der Waals surface area contributed by atoms with Crippen LogP contribution in [0.1, 0.15) is 5.89 Å². The van der Waals surface area contributed by atoms with Gasteiger partial charge in [-0.15, -0.1) is 20.4 Å². The third-order valence-corrected chi connectivity index (χ3v) is 4.10. The summed E-state index contributed by atoms with van der Waals surface area (Å²) in [6, 6.07) is 7.31. The molecule has 108 valence electrons. The molecule has 3 aromatic rings. The number of nitrogen functional groups attached to an aromatic ring is 1. The maximum Gasteiger partial charge on any atom is 0.249 e. The lowest BCUT2D eigenvalue weighted by molar-refractivity contribution is 0.528. The molecule has 0 aliphatic carbocycles. The summed E-state index contributed by atoms with van der Waals surface area (Å²) in [6.07, 6.45) is 0. The third-order valence-electron chi connectivity index (χ3n) is 2.76. The van der Waals surface area contributed by atoms with E-state index in [0.29, 0.717) is 39.2 Å². The van der Waals surface area contributed by atoms with Crippen molar-refractivity contribution in [3.63, 3.8) is 0 Å². The van der Waals surface area contributed by atoms with Gasteiger partial charge in [-0.25, -0.2) is 0 Å². The Labute approximate surface area is 129 Å². The Kier molecular flexibility index (Phi) is 3.80. The lowest BCUT2D eigenvalue weighted by Crippen LogP contribution is -1.98. The van der Waals surface area contributed by atoms with Gasteiger partial charge in [0.15, 0.2) is 5.16 Å². The van der Waals surface area contributed by atoms with Crippen LogP contribution in [0.4, 0.5) is 5.95 Å². The number of anilines is 1. The van der Waals surface area contributed by atoms with E-state index < -0.39 is 0 Å². The van der Waals surface area contributed by atoms with E-state index in [0.717, 1.165) is 0 Å². The summed E-state index contributed by atoms with van der Waals surface area (Å²) < 4.78 is 7.29. The van der Waals surface area contributed by atoms with E-state index in [1.807, 2.05) is 18.2 Å². The van der Waals surface area contributed by atoms with Crippen LogP contribution in [-0.4, -0.2) is 25.0 Å². The summed E-state index contributed by atoms with van der Waals surface area (Å²) in [5.41, 5.74) is 6.33. The standard InChI is InChI=1S/C12H11ClN6OS/c1-19-11(14)17-18-12(19)21-6-9-15-16-10(20-9)7-4-2-3-5-8(7)13/h2-5H,6H2,1H3,(H2,14,17). The number of nitrogens with zero attached hydrogens (tertiary/aromatic N) is 5. The maximum atomic E-state index is 6.10. The molecular formula is C12H11ClN6OS.